The maximum Gasteiger partial charge on any atom is 0.126 e. The quantitative estimate of drug-likeness (QED) is 0.866. The van der Waals surface area contributed by atoms with Crippen molar-refractivity contribution < 1.29 is 4.74 Å². The van der Waals surface area contributed by atoms with Gasteiger partial charge in [-0.05, 0) is 38.3 Å². The Kier molecular flexibility index (Phi) is 5.46. The van der Waals surface area contributed by atoms with Crippen LogP contribution in [0.2, 0.25) is 0 Å². The van der Waals surface area contributed by atoms with E-state index in [-0.39, 0.29) is 0 Å². The van der Waals surface area contributed by atoms with E-state index in [0.29, 0.717) is 12.6 Å². The molecule has 0 radical (unpaired) electrons. The van der Waals surface area contributed by atoms with Gasteiger partial charge in [-0.15, -0.1) is 0 Å². The molecule has 19 heavy (non-hydrogen) atoms. The molecule has 0 spiro atoms. The lowest BCUT2D eigenvalue weighted by Gasteiger charge is -2.27. The molecule has 104 valence electrons. The Labute approximate surface area is 116 Å². The van der Waals surface area contributed by atoms with Crippen molar-refractivity contribution in [3.05, 3.63) is 35.9 Å². The zero-order chi connectivity index (χ0) is 13.5. The number of hydrogen-bond donors (Lipinski definition) is 1. The third-order valence-electron chi connectivity index (χ3n) is 3.85. The van der Waals surface area contributed by atoms with Gasteiger partial charge in [-0.2, -0.15) is 0 Å². The first kappa shape index (κ1) is 14.1. The molecule has 2 heteroatoms. The zero-order valence-corrected chi connectivity index (χ0v) is 12.1. The minimum Gasteiger partial charge on any atom is -0.493 e. The Hall–Kier alpha value is -1.28. The van der Waals surface area contributed by atoms with Crippen molar-refractivity contribution >= 4 is 6.08 Å². The van der Waals surface area contributed by atoms with Crippen LogP contribution in [0.5, 0.6) is 5.75 Å². The van der Waals surface area contributed by atoms with E-state index in [1.165, 1.54) is 24.8 Å². The summed E-state index contributed by atoms with van der Waals surface area (Å²) in [5.41, 5.74) is 1.17. The van der Waals surface area contributed by atoms with E-state index in [1.54, 1.807) is 0 Å². The molecule has 2 atom stereocenters. The smallest absolute Gasteiger partial charge is 0.126 e. The monoisotopic (exact) mass is 259 g/mol. The lowest BCUT2D eigenvalue weighted by atomic mass is 9.90. The molecule has 0 saturated carbocycles. The Morgan fingerprint density at radius 1 is 1.32 bits per heavy atom. The molecule has 1 saturated heterocycles. The van der Waals surface area contributed by atoms with E-state index in [1.807, 2.05) is 19.1 Å². The highest BCUT2D eigenvalue weighted by atomic mass is 16.5. The first-order valence-electron chi connectivity index (χ1n) is 7.46. The van der Waals surface area contributed by atoms with E-state index in [4.69, 9.17) is 4.74 Å². The van der Waals surface area contributed by atoms with Crippen LogP contribution in [-0.4, -0.2) is 19.2 Å². The van der Waals surface area contributed by atoms with E-state index < -0.39 is 0 Å². The largest absolute Gasteiger partial charge is 0.493 e. The van der Waals surface area contributed by atoms with Crippen molar-refractivity contribution in [1.82, 2.24) is 5.32 Å². The van der Waals surface area contributed by atoms with Gasteiger partial charge in [0, 0.05) is 11.6 Å². The molecule has 1 N–H and O–H groups in total. The van der Waals surface area contributed by atoms with Gasteiger partial charge < -0.3 is 10.1 Å². The Balaban J connectivity index is 2.01. The molecule has 0 bridgehead atoms. The summed E-state index contributed by atoms with van der Waals surface area (Å²) in [4.78, 5) is 0. The molecule has 1 aromatic carbocycles. The third kappa shape index (κ3) is 4.10. The van der Waals surface area contributed by atoms with Crippen LogP contribution >= 0.6 is 0 Å². The summed E-state index contributed by atoms with van der Waals surface area (Å²) in [7, 11) is 0. The van der Waals surface area contributed by atoms with Crippen LogP contribution in [0.3, 0.4) is 0 Å². The molecule has 1 aromatic rings. The fourth-order valence-electron chi connectivity index (χ4n) is 2.68. The number of para-hydroxylation sites is 1. The molecule has 1 fully saturated rings. The molecule has 0 amide bonds. The van der Waals surface area contributed by atoms with Gasteiger partial charge in [0.2, 0.25) is 0 Å². The Morgan fingerprint density at radius 2 is 2.16 bits per heavy atom. The molecule has 2 rings (SSSR count). The van der Waals surface area contributed by atoms with Crippen LogP contribution < -0.4 is 10.1 Å². The molecular weight excluding hydrogens is 234 g/mol. The molecule has 0 aliphatic carbocycles. The molecule has 2 nitrogen and oxygen atoms in total. The molecule has 1 aliphatic rings. The maximum atomic E-state index is 5.65. The van der Waals surface area contributed by atoms with Gasteiger partial charge >= 0.3 is 0 Å². The van der Waals surface area contributed by atoms with E-state index in [9.17, 15) is 0 Å². The highest BCUT2D eigenvalue weighted by molar-refractivity contribution is 5.57. The molecule has 1 heterocycles. The average Bonchev–Trinajstić information content (AvgIpc) is 2.47. The van der Waals surface area contributed by atoms with Crippen molar-refractivity contribution in [2.24, 2.45) is 5.92 Å². The van der Waals surface area contributed by atoms with Crippen LogP contribution in [0, 0.1) is 5.92 Å². The second-order valence-electron chi connectivity index (χ2n) is 5.19. The van der Waals surface area contributed by atoms with Crippen LogP contribution in [0.15, 0.2) is 30.3 Å². The van der Waals surface area contributed by atoms with Gasteiger partial charge in [-0.3, -0.25) is 0 Å². The first-order chi connectivity index (χ1) is 9.33. The third-order valence-corrected chi connectivity index (χ3v) is 3.85. The van der Waals surface area contributed by atoms with Gasteiger partial charge in [0.15, 0.2) is 0 Å². The summed E-state index contributed by atoms with van der Waals surface area (Å²) < 4.78 is 5.65. The van der Waals surface area contributed by atoms with E-state index in [2.05, 4.69) is 36.5 Å². The van der Waals surface area contributed by atoms with E-state index in [0.717, 1.165) is 18.2 Å². The summed E-state index contributed by atoms with van der Waals surface area (Å²) in [6, 6.07) is 8.74. The normalized spacial score (nSPS) is 23.7. The summed E-state index contributed by atoms with van der Waals surface area (Å²) in [5, 5.41) is 3.58. The fourth-order valence-corrected chi connectivity index (χ4v) is 2.68. The lowest BCUT2D eigenvalue weighted by Crippen LogP contribution is -2.36. The SMILES string of the molecule is CCOc1ccccc1/C=C/C1CC(CC)CCN1. The van der Waals surface area contributed by atoms with Crippen LogP contribution in [0.25, 0.3) is 6.08 Å². The van der Waals surface area contributed by atoms with Gasteiger partial charge in [0.25, 0.3) is 0 Å². The van der Waals surface area contributed by atoms with Crippen molar-refractivity contribution in [3.8, 4) is 5.75 Å². The summed E-state index contributed by atoms with van der Waals surface area (Å²) in [6.45, 7) is 6.17. The second kappa shape index (κ2) is 7.34. The van der Waals surface area contributed by atoms with E-state index >= 15 is 0 Å². The van der Waals surface area contributed by atoms with Crippen molar-refractivity contribution in [1.29, 1.82) is 0 Å². The average molecular weight is 259 g/mol. The predicted octanol–water partition coefficient (Wildman–Crippen LogP) is 3.88. The standard InChI is InChI=1S/C17H25NO/c1-3-14-11-12-18-16(13-14)10-9-15-7-5-6-8-17(15)19-4-2/h5-10,14,16,18H,3-4,11-13H2,1-2H3/b10-9+. The minimum atomic E-state index is 0.508. The number of hydrogen-bond acceptors (Lipinski definition) is 2. The first-order valence-corrected chi connectivity index (χ1v) is 7.46. The number of piperidine rings is 1. The number of benzene rings is 1. The molecular formula is C17H25NO. The van der Waals surface area contributed by atoms with Gasteiger partial charge in [-0.25, -0.2) is 0 Å². The van der Waals surface area contributed by atoms with Crippen LogP contribution in [0.4, 0.5) is 0 Å². The second-order valence-corrected chi connectivity index (χ2v) is 5.19. The van der Waals surface area contributed by atoms with Crippen LogP contribution in [-0.2, 0) is 0 Å². The number of ether oxygens (including phenoxy) is 1. The van der Waals surface area contributed by atoms with Crippen molar-refractivity contribution in [2.45, 2.75) is 39.2 Å². The fraction of sp³-hybridized carbons (Fsp3) is 0.529. The zero-order valence-electron chi connectivity index (χ0n) is 12.1. The van der Waals surface area contributed by atoms with Crippen molar-refractivity contribution in [2.75, 3.05) is 13.2 Å². The topological polar surface area (TPSA) is 21.3 Å². The summed E-state index contributed by atoms with van der Waals surface area (Å²) in [6.07, 6.45) is 8.35. The Morgan fingerprint density at radius 3 is 2.95 bits per heavy atom. The minimum absolute atomic E-state index is 0.508. The van der Waals surface area contributed by atoms with Crippen LogP contribution in [0.1, 0.15) is 38.7 Å². The summed E-state index contributed by atoms with van der Waals surface area (Å²) >= 11 is 0. The van der Waals surface area contributed by atoms with Crippen molar-refractivity contribution in [3.63, 3.8) is 0 Å². The highest BCUT2D eigenvalue weighted by Gasteiger charge is 2.17. The number of rotatable bonds is 5. The molecule has 0 aromatic heterocycles. The van der Waals surface area contributed by atoms with Gasteiger partial charge in [0.05, 0.1) is 6.61 Å². The lowest BCUT2D eigenvalue weighted by molar-refractivity contribution is 0.326. The van der Waals surface area contributed by atoms with Gasteiger partial charge in [-0.1, -0.05) is 43.7 Å². The Bertz CT molecular complexity index is 413. The molecule has 1 aliphatic heterocycles. The number of nitrogens with one attached hydrogen (secondary N) is 1. The predicted molar refractivity (Wildman–Crippen MR) is 81.5 cm³/mol. The highest BCUT2D eigenvalue weighted by Crippen LogP contribution is 2.23. The molecule has 2 unspecified atom stereocenters. The maximum absolute atomic E-state index is 5.65. The van der Waals surface area contributed by atoms with Gasteiger partial charge in [0.1, 0.15) is 5.75 Å². The summed E-state index contributed by atoms with van der Waals surface area (Å²) in [5.74, 6) is 1.85.